The van der Waals surface area contributed by atoms with E-state index >= 15 is 0 Å². The third kappa shape index (κ3) is 4.23. The van der Waals surface area contributed by atoms with Crippen LogP contribution in [0.2, 0.25) is 0 Å². The molecule has 1 rings (SSSR count). The average molecular weight is 236 g/mol. The van der Waals surface area contributed by atoms with Crippen molar-refractivity contribution >= 4 is 11.5 Å². The molecule has 0 spiro atoms. The molecule has 0 saturated heterocycles. The predicted molar refractivity (Wildman–Crippen MR) is 74.3 cm³/mol. The lowest BCUT2D eigenvalue weighted by molar-refractivity contribution is 0.303. The molecule has 1 aromatic heterocycles. The highest BCUT2D eigenvalue weighted by molar-refractivity contribution is 5.64. The van der Waals surface area contributed by atoms with Crippen LogP contribution in [0.1, 0.15) is 25.8 Å². The third-order valence-corrected chi connectivity index (χ3v) is 3.05. The van der Waals surface area contributed by atoms with Gasteiger partial charge in [0.05, 0.1) is 5.69 Å². The van der Waals surface area contributed by atoms with Crippen molar-refractivity contribution in [3.8, 4) is 0 Å². The molecule has 0 amide bonds. The Morgan fingerprint density at radius 1 is 1.35 bits per heavy atom. The van der Waals surface area contributed by atoms with E-state index < -0.39 is 0 Å². The molecule has 1 heterocycles. The Kier molecular flexibility index (Phi) is 5.77. The smallest absolute Gasteiger partial charge is 0.149 e. The van der Waals surface area contributed by atoms with Crippen LogP contribution in [0.25, 0.3) is 0 Å². The second kappa shape index (κ2) is 7.12. The van der Waals surface area contributed by atoms with E-state index in [2.05, 4.69) is 29.0 Å². The average Bonchev–Trinajstić information content (AvgIpc) is 2.34. The number of nitrogens with two attached hydrogens (primary N) is 1. The normalized spacial score (nSPS) is 10.8. The lowest BCUT2D eigenvalue weighted by Crippen LogP contribution is -2.25. The summed E-state index contributed by atoms with van der Waals surface area (Å²) in [4.78, 5) is 6.66. The Morgan fingerprint density at radius 2 is 2.06 bits per heavy atom. The fraction of sp³-hybridized carbons (Fsp3) is 0.615. The molecular formula is C13H24N4. The molecule has 0 aliphatic carbocycles. The Bertz CT molecular complexity index is 334. The molecule has 0 unspecified atom stereocenters. The Morgan fingerprint density at radius 3 is 2.71 bits per heavy atom. The summed E-state index contributed by atoms with van der Waals surface area (Å²) in [5.74, 6) is 0.810. The molecule has 3 N–H and O–H groups in total. The van der Waals surface area contributed by atoms with Crippen molar-refractivity contribution in [2.75, 3.05) is 37.2 Å². The lowest BCUT2D eigenvalue weighted by Gasteiger charge is -2.18. The summed E-state index contributed by atoms with van der Waals surface area (Å²) in [6.07, 6.45) is 2.90. The zero-order chi connectivity index (χ0) is 12.7. The monoisotopic (exact) mass is 236 g/mol. The maximum Gasteiger partial charge on any atom is 0.149 e. The number of rotatable bonds is 7. The zero-order valence-electron chi connectivity index (χ0n) is 11.2. The van der Waals surface area contributed by atoms with Gasteiger partial charge in [0.2, 0.25) is 0 Å². The van der Waals surface area contributed by atoms with E-state index in [9.17, 15) is 0 Å². The highest BCUT2D eigenvalue weighted by Gasteiger charge is 2.02. The van der Waals surface area contributed by atoms with Gasteiger partial charge >= 0.3 is 0 Å². The van der Waals surface area contributed by atoms with E-state index in [4.69, 9.17) is 5.73 Å². The molecule has 0 radical (unpaired) electrons. The van der Waals surface area contributed by atoms with E-state index in [0.29, 0.717) is 0 Å². The van der Waals surface area contributed by atoms with E-state index in [1.54, 1.807) is 6.20 Å². The van der Waals surface area contributed by atoms with Crippen LogP contribution in [-0.4, -0.2) is 36.1 Å². The van der Waals surface area contributed by atoms with Gasteiger partial charge in [-0.1, -0.05) is 13.8 Å². The summed E-state index contributed by atoms with van der Waals surface area (Å²) in [6, 6.07) is 1.93. The Balaban J connectivity index is 2.33. The van der Waals surface area contributed by atoms with Gasteiger partial charge in [0.25, 0.3) is 0 Å². The second-order valence-electron chi connectivity index (χ2n) is 4.20. The number of hydrogen-bond donors (Lipinski definition) is 2. The second-order valence-corrected chi connectivity index (χ2v) is 4.20. The van der Waals surface area contributed by atoms with Gasteiger partial charge in [-0.05, 0) is 44.6 Å². The van der Waals surface area contributed by atoms with E-state index in [1.807, 2.05) is 13.0 Å². The number of nitrogen functional groups attached to an aromatic ring is 1. The molecule has 17 heavy (non-hydrogen) atoms. The molecule has 4 nitrogen and oxygen atoms in total. The minimum absolute atomic E-state index is 0.760. The van der Waals surface area contributed by atoms with Gasteiger partial charge in [0, 0.05) is 12.7 Å². The van der Waals surface area contributed by atoms with Gasteiger partial charge in [-0.3, -0.25) is 0 Å². The van der Waals surface area contributed by atoms with Gasteiger partial charge < -0.3 is 16.0 Å². The first-order valence-corrected chi connectivity index (χ1v) is 6.36. The van der Waals surface area contributed by atoms with Crippen LogP contribution in [0, 0.1) is 6.92 Å². The molecule has 96 valence electrons. The molecule has 1 aromatic rings. The fourth-order valence-corrected chi connectivity index (χ4v) is 1.76. The van der Waals surface area contributed by atoms with Crippen LogP contribution < -0.4 is 11.1 Å². The van der Waals surface area contributed by atoms with Crippen molar-refractivity contribution in [1.82, 2.24) is 9.88 Å². The minimum atomic E-state index is 0.760. The third-order valence-electron chi connectivity index (χ3n) is 3.05. The number of anilines is 2. The first-order valence-electron chi connectivity index (χ1n) is 6.36. The minimum Gasteiger partial charge on any atom is -0.396 e. The number of pyridine rings is 1. The predicted octanol–water partition coefficient (Wildman–Crippen LogP) is 2.12. The molecular weight excluding hydrogens is 212 g/mol. The first-order chi connectivity index (χ1) is 8.19. The van der Waals surface area contributed by atoms with Gasteiger partial charge in [0.15, 0.2) is 0 Å². The Hall–Kier alpha value is -1.29. The van der Waals surface area contributed by atoms with Crippen LogP contribution in [0.15, 0.2) is 12.3 Å². The molecule has 0 saturated carbocycles. The highest BCUT2D eigenvalue weighted by Crippen LogP contribution is 2.18. The van der Waals surface area contributed by atoms with Crippen molar-refractivity contribution in [3.63, 3.8) is 0 Å². The molecule has 0 fully saturated rings. The lowest BCUT2D eigenvalue weighted by atomic mass is 10.2. The largest absolute Gasteiger partial charge is 0.396 e. The number of aryl methyl sites for hydroxylation is 1. The van der Waals surface area contributed by atoms with Crippen molar-refractivity contribution in [2.45, 2.75) is 27.2 Å². The number of nitrogens with zero attached hydrogens (tertiary/aromatic N) is 2. The molecule has 4 heteroatoms. The quantitative estimate of drug-likeness (QED) is 0.712. The van der Waals surface area contributed by atoms with Crippen LogP contribution in [0.4, 0.5) is 11.5 Å². The zero-order valence-corrected chi connectivity index (χ0v) is 11.2. The van der Waals surface area contributed by atoms with Crippen molar-refractivity contribution in [3.05, 3.63) is 17.8 Å². The van der Waals surface area contributed by atoms with Crippen molar-refractivity contribution in [1.29, 1.82) is 0 Å². The highest BCUT2D eigenvalue weighted by atomic mass is 15.1. The van der Waals surface area contributed by atoms with Crippen LogP contribution in [0.5, 0.6) is 0 Å². The molecule has 0 aliphatic heterocycles. The molecule has 0 atom stereocenters. The number of aromatic nitrogens is 1. The van der Waals surface area contributed by atoms with Gasteiger partial charge in [-0.2, -0.15) is 0 Å². The molecule has 0 aromatic carbocycles. The van der Waals surface area contributed by atoms with Gasteiger partial charge in [0.1, 0.15) is 5.82 Å². The number of hydrogen-bond acceptors (Lipinski definition) is 4. The van der Waals surface area contributed by atoms with E-state index in [0.717, 1.165) is 49.7 Å². The van der Waals surface area contributed by atoms with E-state index in [1.165, 1.54) is 0 Å². The summed E-state index contributed by atoms with van der Waals surface area (Å²) in [6.45, 7) is 10.6. The van der Waals surface area contributed by atoms with Crippen molar-refractivity contribution < 1.29 is 0 Å². The van der Waals surface area contributed by atoms with Gasteiger partial charge in [-0.15, -0.1) is 0 Å². The summed E-state index contributed by atoms with van der Waals surface area (Å²) in [5, 5.41) is 3.29. The van der Waals surface area contributed by atoms with Crippen LogP contribution in [0.3, 0.4) is 0 Å². The summed E-state index contributed by atoms with van der Waals surface area (Å²) in [7, 11) is 0. The maximum atomic E-state index is 5.94. The SMILES string of the molecule is CCN(CC)CCCNc1nccc(C)c1N. The van der Waals surface area contributed by atoms with Crippen LogP contribution >= 0.6 is 0 Å². The summed E-state index contributed by atoms with van der Waals surface area (Å²) in [5.41, 5.74) is 7.78. The standard InChI is InChI=1S/C13H24N4/c1-4-17(5-2)10-6-8-15-13-12(14)11(3)7-9-16-13/h7,9H,4-6,8,10,14H2,1-3H3,(H,15,16). The first kappa shape index (κ1) is 13.8. The molecule has 0 bridgehead atoms. The maximum absolute atomic E-state index is 5.94. The topological polar surface area (TPSA) is 54.2 Å². The number of nitrogens with one attached hydrogen (secondary N) is 1. The Labute approximate surface area is 104 Å². The summed E-state index contributed by atoms with van der Waals surface area (Å²) >= 11 is 0. The van der Waals surface area contributed by atoms with Gasteiger partial charge in [-0.25, -0.2) is 4.98 Å². The van der Waals surface area contributed by atoms with Crippen molar-refractivity contribution in [2.24, 2.45) is 0 Å². The molecule has 0 aliphatic rings. The fourth-order valence-electron chi connectivity index (χ4n) is 1.76. The van der Waals surface area contributed by atoms with Crippen LogP contribution in [-0.2, 0) is 0 Å². The van der Waals surface area contributed by atoms with E-state index in [-0.39, 0.29) is 0 Å². The summed E-state index contributed by atoms with van der Waals surface area (Å²) < 4.78 is 0.